The molecule has 0 saturated heterocycles. The van der Waals surface area contributed by atoms with Crippen molar-refractivity contribution in [3.8, 4) is 0 Å². The van der Waals surface area contributed by atoms with Crippen molar-refractivity contribution in [1.29, 1.82) is 0 Å². The lowest BCUT2D eigenvalue weighted by Gasteiger charge is -2.10. The van der Waals surface area contributed by atoms with Crippen LogP contribution in [0.1, 0.15) is 6.42 Å². The Balaban J connectivity index is 2.84. The topological polar surface area (TPSA) is 72.2 Å². The van der Waals surface area contributed by atoms with Crippen LogP contribution in [-0.4, -0.2) is 21.1 Å². The van der Waals surface area contributed by atoms with E-state index in [1.807, 2.05) is 0 Å². The van der Waals surface area contributed by atoms with Crippen LogP contribution in [0.2, 0.25) is 0 Å². The van der Waals surface area contributed by atoms with E-state index in [4.69, 9.17) is 5.73 Å². The van der Waals surface area contributed by atoms with Gasteiger partial charge < -0.3 is 5.73 Å². The highest BCUT2D eigenvalue weighted by Crippen LogP contribution is 2.21. The normalized spacial score (nSPS) is 12.7. The Kier molecular flexibility index (Phi) is 4.17. The van der Waals surface area contributed by atoms with Crippen LogP contribution in [0.25, 0.3) is 0 Å². The van der Waals surface area contributed by atoms with Gasteiger partial charge in [-0.2, -0.15) is 13.2 Å². The maximum atomic E-state index is 12.9. The van der Waals surface area contributed by atoms with Crippen molar-refractivity contribution < 1.29 is 26.0 Å². The molecule has 0 bridgehead atoms. The highest BCUT2D eigenvalue weighted by atomic mass is 32.2. The molecule has 1 aromatic carbocycles. The molecule has 102 valence electrons. The quantitative estimate of drug-likeness (QED) is 0.653. The predicted octanol–water partition coefficient (Wildman–Crippen LogP) is 1.64. The van der Waals surface area contributed by atoms with Crippen molar-refractivity contribution in [2.24, 2.45) is 0 Å². The molecule has 0 saturated carbocycles. The summed E-state index contributed by atoms with van der Waals surface area (Å²) in [5, 5.41) is 0. The second-order valence-electron chi connectivity index (χ2n) is 3.45. The fourth-order valence-corrected chi connectivity index (χ4v) is 2.32. The number of halogens is 4. The zero-order chi connectivity index (χ0) is 14.0. The van der Waals surface area contributed by atoms with Crippen LogP contribution in [0.15, 0.2) is 23.1 Å². The monoisotopic (exact) mass is 286 g/mol. The van der Waals surface area contributed by atoms with Crippen LogP contribution in [0.3, 0.4) is 0 Å². The summed E-state index contributed by atoms with van der Waals surface area (Å²) >= 11 is 0. The Bertz CT molecular complexity index is 528. The van der Waals surface area contributed by atoms with Gasteiger partial charge >= 0.3 is 6.18 Å². The molecule has 1 rings (SSSR count). The molecule has 0 amide bonds. The standard InChI is InChI=1S/C9H10F4N2O2S/c10-6-1-2-7(14)8(5-6)18(16,17)15-4-3-9(11,12)13/h1-2,5,15H,3-4,14H2. The van der Waals surface area contributed by atoms with Gasteiger partial charge in [0.2, 0.25) is 10.0 Å². The Morgan fingerprint density at radius 2 is 1.89 bits per heavy atom. The molecular weight excluding hydrogens is 276 g/mol. The Morgan fingerprint density at radius 1 is 1.28 bits per heavy atom. The van der Waals surface area contributed by atoms with Crippen LogP contribution >= 0.6 is 0 Å². The van der Waals surface area contributed by atoms with E-state index in [0.717, 1.165) is 12.1 Å². The van der Waals surface area contributed by atoms with Crippen LogP contribution in [-0.2, 0) is 10.0 Å². The summed E-state index contributed by atoms with van der Waals surface area (Å²) in [6.45, 7) is -0.832. The van der Waals surface area contributed by atoms with Crippen LogP contribution < -0.4 is 10.5 Å². The first kappa shape index (κ1) is 14.7. The Hall–Kier alpha value is -1.35. The zero-order valence-corrected chi connectivity index (χ0v) is 9.78. The molecule has 0 atom stereocenters. The van der Waals surface area contributed by atoms with Gasteiger partial charge in [0.1, 0.15) is 10.7 Å². The maximum absolute atomic E-state index is 12.9. The van der Waals surface area contributed by atoms with E-state index in [1.54, 1.807) is 4.72 Å². The van der Waals surface area contributed by atoms with Crippen LogP contribution in [0.5, 0.6) is 0 Å². The molecule has 18 heavy (non-hydrogen) atoms. The first-order chi connectivity index (χ1) is 8.12. The number of nitrogen functional groups attached to an aromatic ring is 1. The lowest BCUT2D eigenvalue weighted by atomic mass is 10.3. The number of anilines is 1. The van der Waals surface area contributed by atoms with Gasteiger partial charge in [0.25, 0.3) is 0 Å². The number of benzene rings is 1. The van der Waals surface area contributed by atoms with Gasteiger partial charge in [0.15, 0.2) is 0 Å². The van der Waals surface area contributed by atoms with Crippen molar-refractivity contribution in [3.63, 3.8) is 0 Å². The SMILES string of the molecule is Nc1ccc(F)cc1S(=O)(=O)NCCC(F)(F)F. The zero-order valence-electron chi connectivity index (χ0n) is 8.96. The van der Waals surface area contributed by atoms with E-state index < -0.39 is 39.9 Å². The third-order valence-corrected chi connectivity index (χ3v) is 3.48. The summed E-state index contributed by atoms with van der Waals surface area (Å²) < 4.78 is 73.3. The second kappa shape index (κ2) is 5.11. The summed E-state index contributed by atoms with van der Waals surface area (Å²) in [7, 11) is -4.25. The van der Waals surface area contributed by atoms with E-state index in [-0.39, 0.29) is 5.69 Å². The average molecular weight is 286 g/mol. The van der Waals surface area contributed by atoms with Gasteiger partial charge in [-0.25, -0.2) is 17.5 Å². The van der Waals surface area contributed by atoms with E-state index in [0.29, 0.717) is 6.07 Å². The summed E-state index contributed by atoms with van der Waals surface area (Å²) in [6, 6.07) is 2.61. The summed E-state index contributed by atoms with van der Waals surface area (Å²) in [6.07, 6.45) is -5.79. The molecule has 0 aromatic heterocycles. The number of hydrogen-bond donors (Lipinski definition) is 2. The molecule has 0 heterocycles. The molecule has 0 aliphatic carbocycles. The van der Waals surface area contributed by atoms with E-state index in [9.17, 15) is 26.0 Å². The third-order valence-electron chi connectivity index (χ3n) is 1.97. The number of hydrogen-bond acceptors (Lipinski definition) is 3. The fraction of sp³-hybridized carbons (Fsp3) is 0.333. The van der Waals surface area contributed by atoms with Crippen LogP contribution in [0, 0.1) is 5.82 Å². The average Bonchev–Trinajstić information content (AvgIpc) is 2.19. The van der Waals surface area contributed by atoms with Crippen molar-refractivity contribution in [2.45, 2.75) is 17.5 Å². The first-order valence-electron chi connectivity index (χ1n) is 4.73. The highest BCUT2D eigenvalue weighted by molar-refractivity contribution is 7.89. The molecule has 0 unspecified atom stereocenters. The largest absolute Gasteiger partial charge is 0.398 e. The molecule has 0 spiro atoms. The first-order valence-corrected chi connectivity index (χ1v) is 6.21. The minimum absolute atomic E-state index is 0.240. The van der Waals surface area contributed by atoms with Crippen molar-refractivity contribution in [2.75, 3.05) is 12.3 Å². The molecule has 0 aliphatic rings. The van der Waals surface area contributed by atoms with Crippen LogP contribution in [0.4, 0.5) is 23.2 Å². The molecule has 4 nitrogen and oxygen atoms in total. The third kappa shape index (κ3) is 4.15. The minimum Gasteiger partial charge on any atom is -0.398 e. The summed E-state index contributed by atoms with van der Waals surface area (Å²) in [4.78, 5) is -0.579. The maximum Gasteiger partial charge on any atom is 0.390 e. The van der Waals surface area contributed by atoms with Gasteiger partial charge in [-0.1, -0.05) is 0 Å². The fourth-order valence-electron chi connectivity index (χ4n) is 1.15. The second-order valence-corrected chi connectivity index (χ2v) is 5.18. The minimum atomic E-state index is -4.48. The Morgan fingerprint density at radius 3 is 2.44 bits per heavy atom. The number of alkyl halides is 3. The molecule has 1 aromatic rings. The van der Waals surface area contributed by atoms with Crippen molar-refractivity contribution in [1.82, 2.24) is 4.72 Å². The van der Waals surface area contributed by atoms with Gasteiger partial charge in [-0.3, -0.25) is 0 Å². The van der Waals surface area contributed by atoms with E-state index in [1.165, 1.54) is 0 Å². The van der Waals surface area contributed by atoms with Gasteiger partial charge in [0, 0.05) is 6.54 Å². The van der Waals surface area contributed by atoms with Crippen molar-refractivity contribution in [3.05, 3.63) is 24.0 Å². The smallest absolute Gasteiger partial charge is 0.390 e. The predicted molar refractivity (Wildman–Crippen MR) is 56.7 cm³/mol. The number of sulfonamides is 1. The van der Waals surface area contributed by atoms with Gasteiger partial charge in [-0.15, -0.1) is 0 Å². The molecule has 0 radical (unpaired) electrons. The number of nitrogens with two attached hydrogens (primary N) is 1. The molecule has 3 N–H and O–H groups in total. The lowest BCUT2D eigenvalue weighted by Crippen LogP contribution is -2.28. The lowest BCUT2D eigenvalue weighted by molar-refractivity contribution is -0.132. The van der Waals surface area contributed by atoms with E-state index in [2.05, 4.69) is 0 Å². The molecule has 0 fully saturated rings. The molecule has 9 heteroatoms. The van der Waals surface area contributed by atoms with Gasteiger partial charge in [0.05, 0.1) is 12.1 Å². The highest BCUT2D eigenvalue weighted by Gasteiger charge is 2.28. The number of rotatable bonds is 4. The summed E-state index contributed by atoms with van der Waals surface area (Å²) in [5.41, 5.74) is 5.09. The Labute approximate surface area is 101 Å². The van der Waals surface area contributed by atoms with E-state index >= 15 is 0 Å². The molecular formula is C9H10F4N2O2S. The van der Waals surface area contributed by atoms with Gasteiger partial charge in [-0.05, 0) is 18.2 Å². The molecule has 0 aliphatic heterocycles. The summed E-state index contributed by atoms with van der Waals surface area (Å²) in [5.74, 6) is -0.847. The van der Waals surface area contributed by atoms with Crippen molar-refractivity contribution >= 4 is 15.7 Å². The number of nitrogens with one attached hydrogen (secondary N) is 1.